The highest BCUT2D eigenvalue weighted by atomic mass is 35.5. The van der Waals surface area contributed by atoms with E-state index in [9.17, 15) is 12.8 Å². The van der Waals surface area contributed by atoms with E-state index >= 15 is 0 Å². The van der Waals surface area contributed by atoms with Crippen LogP contribution >= 0.6 is 11.6 Å². The standard InChI is InChI=1S/C12H15ClFNO2S/c13-11-3-1-2-9(12(11)14)8-15-10-4-6-18(16,17)7-5-10/h1-3,10,15H,4-8H2. The Morgan fingerprint density at radius 3 is 2.67 bits per heavy atom. The predicted octanol–water partition coefficient (Wildman–Crippen LogP) is 2.15. The van der Waals surface area contributed by atoms with Gasteiger partial charge in [-0.15, -0.1) is 0 Å². The van der Waals surface area contributed by atoms with Gasteiger partial charge in [-0.1, -0.05) is 23.7 Å². The van der Waals surface area contributed by atoms with Crippen LogP contribution in [0.3, 0.4) is 0 Å². The van der Waals surface area contributed by atoms with E-state index in [-0.39, 0.29) is 22.6 Å². The van der Waals surface area contributed by atoms with Gasteiger partial charge >= 0.3 is 0 Å². The average molecular weight is 292 g/mol. The third-order valence-electron chi connectivity index (χ3n) is 3.17. The van der Waals surface area contributed by atoms with Gasteiger partial charge in [0.05, 0.1) is 16.5 Å². The SMILES string of the molecule is O=S1(=O)CCC(NCc2cccc(Cl)c2F)CC1. The van der Waals surface area contributed by atoms with Gasteiger partial charge in [-0.05, 0) is 18.9 Å². The Bertz CT molecular complexity index is 519. The lowest BCUT2D eigenvalue weighted by molar-refractivity contribution is 0.456. The van der Waals surface area contributed by atoms with Crippen molar-refractivity contribution in [3.8, 4) is 0 Å². The third kappa shape index (κ3) is 3.43. The van der Waals surface area contributed by atoms with E-state index < -0.39 is 15.7 Å². The second-order valence-corrected chi connectivity index (χ2v) is 7.23. The van der Waals surface area contributed by atoms with Crippen LogP contribution in [0.1, 0.15) is 18.4 Å². The fourth-order valence-electron chi connectivity index (χ4n) is 2.03. The van der Waals surface area contributed by atoms with Crippen molar-refractivity contribution >= 4 is 21.4 Å². The first-order chi connectivity index (χ1) is 8.48. The molecule has 0 aliphatic carbocycles. The number of nitrogens with one attached hydrogen (secondary N) is 1. The molecule has 1 aromatic carbocycles. The van der Waals surface area contributed by atoms with Crippen molar-refractivity contribution in [1.29, 1.82) is 0 Å². The number of rotatable bonds is 3. The van der Waals surface area contributed by atoms with Crippen LogP contribution in [0.2, 0.25) is 5.02 Å². The highest BCUT2D eigenvalue weighted by molar-refractivity contribution is 7.91. The molecule has 0 aromatic heterocycles. The van der Waals surface area contributed by atoms with Gasteiger partial charge in [0, 0.05) is 18.2 Å². The number of halogens is 2. The maximum absolute atomic E-state index is 13.6. The van der Waals surface area contributed by atoms with E-state index in [0.29, 0.717) is 24.9 Å². The summed E-state index contributed by atoms with van der Waals surface area (Å²) in [6.45, 7) is 0.372. The fraction of sp³-hybridized carbons (Fsp3) is 0.500. The molecule has 3 nitrogen and oxygen atoms in total. The van der Waals surface area contributed by atoms with Crippen molar-refractivity contribution in [2.24, 2.45) is 0 Å². The van der Waals surface area contributed by atoms with Crippen LogP contribution in [0.25, 0.3) is 0 Å². The lowest BCUT2D eigenvalue weighted by Gasteiger charge is -2.23. The van der Waals surface area contributed by atoms with Crippen molar-refractivity contribution in [3.05, 3.63) is 34.6 Å². The molecule has 6 heteroatoms. The highest BCUT2D eigenvalue weighted by Gasteiger charge is 2.23. The maximum Gasteiger partial charge on any atom is 0.150 e. The smallest absolute Gasteiger partial charge is 0.150 e. The summed E-state index contributed by atoms with van der Waals surface area (Å²) in [5, 5.41) is 3.29. The van der Waals surface area contributed by atoms with Crippen LogP contribution < -0.4 is 5.32 Å². The zero-order valence-corrected chi connectivity index (χ0v) is 11.4. The number of benzene rings is 1. The number of hydrogen-bond acceptors (Lipinski definition) is 3. The van der Waals surface area contributed by atoms with Gasteiger partial charge in [0.15, 0.2) is 0 Å². The summed E-state index contributed by atoms with van der Waals surface area (Å²) in [5.74, 6) is 0.0147. The minimum Gasteiger partial charge on any atom is -0.310 e. The first-order valence-electron chi connectivity index (χ1n) is 5.84. The van der Waals surface area contributed by atoms with E-state index in [0.717, 1.165) is 0 Å². The molecule has 0 unspecified atom stereocenters. The van der Waals surface area contributed by atoms with Gasteiger partial charge in [-0.2, -0.15) is 0 Å². The summed E-state index contributed by atoms with van der Waals surface area (Å²) in [6.07, 6.45) is 1.18. The van der Waals surface area contributed by atoms with Crippen LogP contribution in [-0.2, 0) is 16.4 Å². The molecule has 0 radical (unpaired) electrons. The predicted molar refractivity (Wildman–Crippen MR) is 69.9 cm³/mol. The van der Waals surface area contributed by atoms with Crippen LogP contribution in [-0.4, -0.2) is 26.0 Å². The minimum absolute atomic E-state index is 0.112. The maximum atomic E-state index is 13.6. The molecule has 18 heavy (non-hydrogen) atoms. The molecular formula is C12H15ClFNO2S. The van der Waals surface area contributed by atoms with E-state index in [4.69, 9.17) is 11.6 Å². The van der Waals surface area contributed by atoms with Crippen LogP contribution in [0.5, 0.6) is 0 Å². The Hall–Kier alpha value is -0.650. The normalized spacial score (nSPS) is 19.9. The van der Waals surface area contributed by atoms with E-state index in [1.54, 1.807) is 12.1 Å². The summed E-state index contributed by atoms with van der Waals surface area (Å²) in [4.78, 5) is 0. The van der Waals surface area contributed by atoms with Crippen LogP contribution in [0.4, 0.5) is 4.39 Å². The first-order valence-corrected chi connectivity index (χ1v) is 8.04. The Kier molecular flexibility index (Phi) is 4.25. The molecule has 0 saturated carbocycles. The Morgan fingerprint density at radius 2 is 2.00 bits per heavy atom. The zero-order chi connectivity index (χ0) is 13.2. The van der Waals surface area contributed by atoms with Gasteiger partial charge in [-0.3, -0.25) is 0 Å². The van der Waals surface area contributed by atoms with Gasteiger partial charge in [0.2, 0.25) is 0 Å². The van der Waals surface area contributed by atoms with Crippen molar-refractivity contribution in [2.75, 3.05) is 11.5 Å². The molecule has 1 aromatic rings. The molecule has 1 N–H and O–H groups in total. The summed E-state index contributed by atoms with van der Waals surface area (Å²) in [6, 6.07) is 5.02. The van der Waals surface area contributed by atoms with Crippen molar-refractivity contribution < 1.29 is 12.8 Å². The summed E-state index contributed by atoms with van der Waals surface area (Å²) in [7, 11) is -2.85. The van der Waals surface area contributed by atoms with Gasteiger partial charge in [-0.25, -0.2) is 12.8 Å². The zero-order valence-electron chi connectivity index (χ0n) is 9.83. The summed E-state index contributed by atoms with van der Waals surface area (Å²) in [5.41, 5.74) is 0.510. The fourth-order valence-corrected chi connectivity index (χ4v) is 3.72. The lowest BCUT2D eigenvalue weighted by Crippen LogP contribution is -2.37. The minimum atomic E-state index is -2.85. The molecule has 0 bridgehead atoms. The van der Waals surface area contributed by atoms with Gasteiger partial charge < -0.3 is 5.32 Å². The molecule has 0 spiro atoms. The molecule has 0 atom stereocenters. The summed E-state index contributed by atoms with van der Waals surface area (Å²) >= 11 is 5.69. The van der Waals surface area contributed by atoms with Crippen molar-refractivity contribution in [1.82, 2.24) is 5.32 Å². The first kappa shape index (κ1) is 13.8. The van der Waals surface area contributed by atoms with E-state index in [1.807, 2.05) is 0 Å². The number of sulfone groups is 1. The topological polar surface area (TPSA) is 46.2 Å². The van der Waals surface area contributed by atoms with Gasteiger partial charge in [0.1, 0.15) is 15.7 Å². The van der Waals surface area contributed by atoms with Crippen LogP contribution in [0, 0.1) is 5.82 Å². The molecule has 1 heterocycles. The highest BCUT2D eigenvalue weighted by Crippen LogP contribution is 2.18. The second-order valence-electron chi connectivity index (χ2n) is 4.52. The largest absolute Gasteiger partial charge is 0.310 e. The summed E-state index contributed by atoms with van der Waals surface area (Å²) < 4.78 is 36.1. The molecule has 1 saturated heterocycles. The molecule has 2 rings (SSSR count). The quantitative estimate of drug-likeness (QED) is 0.928. The molecule has 1 fully saturated rings. The lowest BCUT2D eigenvalue weighted by atomic mass is 10.1. The van der Waals surface area contributed by atoms with Gasteiger partial charge in [0.25, 0.3) is 0 Å². The molecular weight excluding hydrogens is 277 g/mol. The molecule has 0 amide bonds. The Balaban J connectivity index is 1.91. The Morgan fingerprint density at radius 1 is 1.33 bits per heavy atom. The second kappa shape index (κ2) is 5.55. The molecule has 100 valence electrons. The van der Waals surface area contributed by atoms with E-state index in [2.05, 4.69) is 5.32 Å². The number of hydrogen-bond donors (Lipinski definition) is 1. The van der Waals surface area contributed by atoms with Crippen molar-refractivity contribution in [3.63, 3.8) is 0 Å². The van der Waals surface area contributed by atoms with Crippen LogP contribution in [0.15, 0.2) is 18.2 Å². The average Bonchev–Trinajstić information content (AvgIpc) is 2.33. The monoisotopic (exact) mass is 291 g/mol. The molecule has 1 aliphatic rings. The Labute approximate surface area is 111 Å². The third-order valence-corrected chi connectivity index (χ3v) is 5.17. The van der Waals surface area contributed by atoms with Crippen molar-refractivity contribution in [2.45, 2.75) is 25.4 Å². The molecule has 1 aliphatic heterocycles. The van der Waals surface area contributed by atoms with E-state index in [1.165, 1.54) is 6.07 Å².